The molecule has 0 aromatic carbocycles. The van der Waals surface area contributed by atoms with Crippen LogP contribution in [0.25, 0.3) is 0 Å². The number of fused-ring (bicyclic) bond motifs is 1. The van der Waals surface area contributed by atoms with Crippen LogP contribution in [0.2, 0.25) is 0 Å². The van der Waals surface area contributed by atoms with Crippen molar-refractivity contribution < 1.29 is 4.74 Å². The molecule has 3 nitrogen and oxygen atoms in total. The molecule has 1 saturated heterocycles. The predicted molar refractivity (Wildman–Crippen MR) is 85.5 cm³/mol. The fourth-order valence-corrected chi connectivity index (χ4v) is 3.99. The highest BCUT2D eigenvalue weighted by molar-refractivity contribution is 5.27. The second-order valence-corrected chi connectivity index (χ2v) is 6.50. The van der Waals surface area contributed by atoms with E-state index in [-0.39, 0.29) is 0 Å². The van der Waals surface area contributed by atoms with Crippen molar-refractivity contribution in [3.8, 4) is 0 Å². The van der Waals surface area contributed by atoms with Gasteiger partial charge in [0.25, 0.3) is 0 Å². The van der Waals surface area contributed by atoms with E-state index in [0.29, 0.717) is 17.9 Å². The molecule has 0 bridgehead atoms. The standard InChI is InChI=1S/C18H28N2O/c1-2-10-19-18(15-8-5-12-21-13-15)16-9-3-6-14-7-4-11-20-17(14)16/h4,7,11,15-16,18-19H,2-3,5-6,8-10,12-13H2,1H3. The van der Waals surface area contributed by atoms with Gasteiger partial charge in [-0.25, -0.2) is 0 Å². The Kier molecular flexibility index (Phi) is 5.26. The molecule has 0 amide bonds. The summed E-state index contributed by atoms with van der Waals surface area (Å²) in [5, 5.41) is 3.83. The number of pyridine rings is 1. The van der Waals surface area contributed by atoms with Crippen molar-refractivity contribution in [3.63, 3.8) is 0 Å². The number of hydrogen-bond donors (Lipinski definition) is 1. The molecule has 1 aromatic heterocycles. The minimum Gasteiger partial charge on any atom is -0.381 e. The quantitative estimate of drug-likeness (QED) is 0.902. The summed E-state index contributed by atoms with van der Waals surface area (Å²) < 4.78 is 5.76. The molecule has 1 fully saturated rings. The van der Waals surface area contributed by atoms with Crippen molar-refractivity contribution in [2.45, 2.75) is 57.4 Å². The van der Waals surface area contributed by atoms with E-state index in [4.69, 9.17) is 9.72 Å². The van der Waals surface area contributed by atoms with E-state index in [9.17, 15) is 0 Å². The molecule has 3 atom stereocenters. The fourth-order valence-electron chi connectivity index (χ4n) is 3.99. The third-order valence-electron chi connectivity index (χ3n) is 5.01. The average Bonchev–Trinajstić information content (AvgIpc) is 2.56. The molecule has 21 heavy (non-hydrogen) atoms. The third-order valence-corrected chi connectivity index (χ3v) is 5.01. The van der Waals surface area contributed by atoms with Gasteiger partial charge in [-0.15, -0.1) is 0 Å². The highest BCUT2D eigenvalue weighted by Gasteiger charge is 2.34. The van der Waals surface area contributed by atoms with E-state index in [1.54, 1.807) is 0 Å². The van der Waals surface area contributed by atoms with E-state index in [0.717, 1.165) is 19.8 Å². The second-order valence-electron chi connectivity index (χ2n) is 6.50. The Hall–Kier alpha value is -0.930. The van der Waals surface area contributed by atoms with Crippen molar-refractivity contribution >= 4 is 0 Å². The van der Waals surface area contributed by atoms with Gasteiger partial charge in [0, 0.05) is 30.5 Å². The van der Waals surface area contributed by atoms with Crippen LogP contribution >= 0.6 is 0 Å². The van der Waals surface area contributed by atoms with Gasteiger partial charge >= 0.3 is 0 Å². The zero-order valence-electron chi connectivity index (χ0n) is 13.2. The summed E-state index contributed by atoms with van der Waals surface area (Å²) in [6, 6.07) is 4.88. The molecule has 0 spiro atoms. The lowest BCUT2D eigenvalue weighted by Crippen LogP contribution is -2.45. The number of nitrogens with one attached hydrogen (secondary N) is 1. The molecular weight excluding hydrogens is 260 g/mol. The minimum atomic E-state index is 0.527. The molecule has 1 aliphatic heterocycles. The number of nitrogens with zero attached hydrogens (tertiary/aromatic N) is 1. The Morgan fingerprint density at radius 2 is 2.33 bits per heavy atom. The Balaban J connectivity index is 1.82. The number of rotatable bonds is 5. The Bertz CT molecular complexity index is 443. The lowest BCUT2D eigenvalue weighted by Gasteiger charge is -2.38. The molecule has 0 saturated carbocycles. The molecule has 0 radical (unpaired) electrons. The maximum Gasteiger partial charge on any atom is 0.0509 e. The van der Waals surface area contributed by atoms with Gasteiger partial charge in [-0.05, 0) is 62.6 Å². The fraction of sp³-hybridized carbons (Fsp3) is 0.722. The van der Waals surface area contributed by atoms with Gasteiger partial charge in [0.15, 0.2) is 0 Å². The zero-order valence-corrected chi connectivity index (χ0v) is 13.2. The zero-order chi connectivity index (χ0) is 14.5. The Morgan fingerprint density at radius 3 is 3.14 bits per heavy atom. The summed E-state index contributed by atoms with van der Waals surface area (Å²) in [7, 11) is 0. The summed E-state index contributed by atoms with van der Waals surface area (Å²) in [4.78, 5) is 4.74. The molecule has 3 unspecified atom stereocenters. The Morgan fingerprint density at radius 1 is 1.38 bits per heavy atom. The first kappa shape index (κ1) is 15.0. The van der Waals surface area contributed by atoms with Crippen molar-refractivity contribution in [2.75, 3.05) is 19.8 Å². The Labute approximate surface area is 128 Å². The van der Waals surface area contributed by atoms with Gasteiger partial charge in [-0.1, -0.05) is 13.0 Å². The van der Waals surface area contributed by atoms with Gasteiger partial charge in [-0.2, -0.15) is 0 Å². The van der Waals surface area contributed by atoms with Crippen molar-refractivity contribution in [3.05, 3.63) is 29.6 Å². The highest BCUT2D eigenvalue weighted by atomic mass is 16.5. The topological polar surface area (TPSA) is 34.1 Å². The summed E-state index contributed by atoms with van der Waals surface area (Å²) in [6.07, 6.45) is 9.40. The second kappa shape index (κ2) is 7.37. The highest BCUT2D eigenvalue weighted by Crippen LogP contribution is 2.36. The van der Waals surface area contributed by atoms with Gasteiger partial charge < -0.3 is 10.1 Å². The van der Waals surface area contributed by atoms with Crippen molar-refractivity contribution in [1.29, 1.82) is 0 Å². The first-order valence-electron chi connectivity index (χ1n) is 8.65. The van der Waals surface area contributed by atoms with Gasteiger partial charge in [-0.3, -0.25) is 4.98 Å². The van der Waals surface area contributed by atoms with Crippen molar-refractivity contribution in [1.82, 2.24) is 10.3 Å². The third kappa shape index (κ3) is 3.46. The van der Waals surface area contributed by atoms with E-state index < -0.39 is 0 Å². The molecular formula is C18H28N2O. The smallest absolute Gasteiger partial charge is 0.0509 e. The van der Waals surface area contributed by atoms with Crippen LogP contribution in [-0.4, -0.2) is 30.8 Å². The summed E-state index contributed by atoms with van der Waals surface area (Å²) in [5.74, 6) is 1.21. The van der Waals surface area contributed by atoms with E-state index in [1.807, 2.05) is 6.20 Å². The summed E-state index contributed by atoms with van der Waals surface area (Å²) in [6.45, 7) is 5.20. The maximum absolute atomic E-state index is 5.76. The number of hydrogen-bond acceptors (Lipinski definition) is 3. The monoisotopic (exact) mass is 288 g/mol. The SMILES string of the molecule is CCCNC(C1CCCOC1)C1CCCc2cccnc21. The molecule has 1 N–H and O–H groups in total. The number of aryl methyl sites for hydroxylation is 1. The molecule has 1 aliphatic carbocycles. The van der Waals surface area contributed by atoms with E-state index in [1.165, 1.54) is 49.8 Å². The molecule has 1 aromatic rings. The maximum atomic E-state index is 5.76. The number of aromatic nitrogens is 1. The van der Waals surface area contributed by atoms with Crippen LogP contribution in [0.1, 0.15) is 56.2 Å². The van der Waals surface area contributed by atoms with E-state index >= 15 is 0 Å². The molecule has 3 rings (SSSR count). The van der Waals surface area contributed by atoms with Gasteiger partial charge in [0.1, 0.15) is 0 Å². The van der Waals surface area contributed by atoms with Crippen molar-refractivity contribution in [2.24, 2.45) is 5.92 Å². The molecule has 3 heteroatoms. The average molecular weight is 288 g/mol. The van der Waals surface area contributed by atoms with Crippen LogP contribution in [-0.2, 0) is 11.2 Å². The van der Waals surface area contributed by atoms with Crippen LogP contribution in [0.5, 0.6) is 0 Å². The largest absolute Gasteiger partial charge is 0.381 e. The van der Waals surface area contributed by atoms with Crippen LogP contribution in [0.3, 0.4) is 0 Å². The van der Waals surface area contributed by atoms with E-state index in [2.05, 4.69) is 24.4 Å². The van der Waals surface area contributed by atoms with Crippen LogP contribution in [0.4, 0.5) is 0 Å². The first-order valence-corrected chi connectivity index (χ1v) is 8.65. The molecule has 2 aliphatic rings. The van der Waals surface area contributed by atoms with Gasteiger partial charge in [0.2, 0.25) is 0 Å². The van der Waals surface area contributed by atoms with Crippen LogP contribution in [0, 0.1) is 5.92 Å². The van der Waals surface area contributed by atoms with Gasteiger partial charge in [0.05, 0.1) is 6.61 Å². The summed E-state index contributed by atoms with van der Waals surface area (Å²) in [5.41, 5.74) is 2.82. The van der Waals surface area contributed by atoms with Crippen LogP contribution in [0.15, 0.2) is 18.3 Å². The minimum absolute atomic E-state index is 0.527. The van der Waals surface area contributed by atoms with Crippen LogP contribution < -0.4 is 5.32 Å². The lowest BCUT2D eigenvalue weighted by atomic mass is 9.76. The molecule has 2 heterocycles. The normalized spacial score (nSPS) is 27.1. The number of ether oxygens (including phenoxy) is 1. The first-order chi connectivity index (χ1) is 10.4. The predicted octanol–water partition coefficient (Wildman–Crippen LogP) is 3.30. The lowest BCUT2D eigenvalue weighted by molar-refractivity contribution is 0.0333. The summed E-state index contributed by atoms with van der Waals surface area (Å²) >= 11 is 0. The molecule has 116 valence electrons.